The normalized spacial score (nSPS) is 30.8. The van der Waals surface area contributed by atoms with Crippen LogP contribution in [0.1, 0.15) is 36.9 Å². The van der Waals surface area contributed by atoms with Crippen molar-refractivity contribution in [1.29, 1.82) is 0 Å². The van der Waals surface area contributed by atoms with Crippen LogP contribution in [0.25, 0.3) is 0 Å². The molecular formula is C13H21NO4. The maximum atomic E-state index is 12.0. The molecule has 5 nitrogen and oxygen atoms in total. The minimum atomic E-state index is -1.26. The molecule has 102 valence electrons. The monoisotopic (exact) mass is 257 g/mol. The molecule has 0 aromatic carbocycles. The third-order valence-corrected chi connectivity index (χ3v) is 2.47. The second-order valence-corrected chi connectivity index (χ2v) is 5.26. The van der Waals surface area contributed by atoms with Crippen LogP contribution in [0, 0.1) is 5.89 Å². The number of carboxylic acids is 1. The van der Waals surface area contributed by atoms with Crippen LogP contribution in [0.4, 0.5) is 4.79 Å². The van der Waals surface area contributed by atoms with Gasteiger partial charge < -0.3 is 9.84 Å². The van der Waals surface area contributed by atoms with E-state index in [-0.39, 0.29) is 19.0 Å². The van der Waals surface area contributed by atoms with Gasteiger partial charge in [-0.15, -0.1) is 0 Å². The standard InChI is InChI=1S/C13H21NO4/c1-5-6-9-7-10(11(15)16)14(8-9)12(17)18-13(2,3)4/h5-6,9-10H,7-8H2,1-4H3,(H,15,16)/b6-5-/t9-,10-/m0/s1/i5D,9D. The number of likely N-dealkylation sites (tertiary alicyclic amines) is 1. The first kappa shape index (κ1) is 11.6. The molecule has 1 rings (SSSR count). The summed E-state index contributed by atoms with van der Waals surface area (Å²) in [6, 6.07) is -0.923. The number of carbonyl (C=O) groups is 2. The van der Waals surface area contributed by atoms with E-state index in [1.807, 2.05) is 0 Å². The van der Waals surface area contributed by atoms with Crippen molar-refractivity contribution in [3.63, 3.8) is 0 Å². The van der Waals surface area contributed by atoms with Crippen molar-refractivity contribution >= 4 is 12.1 Å². The van der Waals surface area contributed by atoms with E-state index in [1.165, 1.54) is 13.0 Å². The van der Waals surface area contributed by atoms with E-state index in [2.05, 4.69) is 0 Å². The second-order valence-electron chi connectivity index (χ2n) is 5.26. The minimum Gasteiger partial charge on any atom is -0.480 e. The van der Waals surface area contributed by atoms with Crippen molar-refractivity contribution in [3.8, 4) is 0 Å². The highest BCUT2D eigenvalue weighted by Crippen LogP contribution is 2.26. The number of carbonyl (C=O) groups excluding carboxylic acids is 1. The zero-order chi connectivity index (χ0) is 15.7. The number of hydrogen-bond acceptors (Lipinski definition) is 3. The molecule has 0 saturated carbocycles. The number of ether oxygens (including phenoxy) is 1. The maximum Gasteiger partial charge on any atom is 0.411 e. The van der Waals surface area contributed by atoms with Crippen LogP contribution in [-0.4, -0.2) is 40.3 Å². The Balaban J connectivity index is 2.97. The molecule has 1 saturated heterocycles. The van der Waals surface area contributed by atoms with Crippen LogP contribution in [0.5, 0.6) is 0 Å². The molecule has 1 aliphatic heterocycles. The molecule has 1 amide bonds. The van der Waals surface area contributed by atoms with Crippen LogP contribution in [0.2, 0.25) is 0 Å². The SMILES string of the molecule is [2H]/C(C)=C/[C@@]1([2H])C[C@@H](C(=O)O)N(C(=O)OC(C)(C)C)C1. The summed E-state index contributed by atoms with van der Waals surface area (Å²) >= 11 is 0. The quantitative estimate of drug-likeness (QED) is 0.771. The molecule has 0 radical (unpaired) electrons. The summed E-state index contributed by atoms with van der Waals surface area (Å²) < 4.78 is 20.8. The van der Waals surface area contributed by atoms with E-state index in [0.717, 1.165) is 4.90 Å². The fraction of sp³-hybridized carbons (Fsp3) is 0.692. The minimum absolute atomic E-state index is 0.0439. The van der Waals surface area contributed by atoms with Gasteiger partial charge in [-0.1, -0.05) is 12.1 Å². The van der Waals surface area contributed by atoms with E-state index in [0.29, 0.717) is 0 Å². The van der Waals surface area contributed by atoms with Crippen molar-refractivity contribution in [2.24, 2.45) is 5.89 Å². The lowest BCUT2D eigenvalue weighted by Gasteiger charge is -2.26. The summed E-state index contributed by atoms with van der Waals surface area (Å²) in [7, 11) is 0. The van der Waals surface area contributed by atoms with Gasteiger partial charge in [-0.05, 0) is 40.0 Å². The number of hydrogen-bond donors (Lipinski definition) is 1. The lowest BCUT2D eigenvalue weighted by Crippen LogP contribution is -2.43. The first-order valence-electron chi connectivity index (χ1n) is 6.82. The van der Waals surface area contributed by atoms with Gasteiger partial charge in [-0.3, -0.25) is 4.90 Å². The van der Waals surface area contributed by atoms with E-state index in [9.17, 15) is 14.7 Å². The Bertz CT molecular complexity index is 440. The van der Waals surface area contributed by atoms with E-state index in [1.54, 1.807) is 20.8 Å². The van der Waals surface area contributed by atoms with Gasteiger partial charge in [0.2, 0.25) is 0 Å². The van der Waals surface area contributed by atoms with Gasteiger partial charge in [0.1, 0.15) is 11.6 Å². The Labute approximate surface area is 110 Å². The van der Waals surface area contributed by atoms with Gasteiger partial charge in [0.05, 0.1) is 1.37 Å². The van der Waals surface area contributed by atoms with Crippen LogP contribution in [0.15, 0.2) is 12.1 Å². The number of aliphatic carboxylic acids is 1. The van der Waals surface area contributed by atoms with Gasteiger partial charge >= 0.3 is 12.1 Å². The van der Waals surface area contributed by atoms with Crippen LogP contribution in [0.3, 0.4) is 0 Å². The number of amides is 1. The fourth-order valence-electron chi connectivity index (χ4n) is 1.79. The molecule has 0 aliphatic carbocycles. The summed E-state index contributed by atoms with van der Waals surface area (Å²) in [6.07, 6.45) is 0.584. The molecule has 0 spiro atoms. The average molecular weight is 257 g/mol. The molecule has 1 N–H and O–H groups in total. The zero-order valence-electron chi connectivity index (χ0n) is 13.2. The van der Waals surface area contributed by atoms with Gasteiger partial charge in [0.25, 0.3) is 0 Å². The van der Waals surface area contributed by atoms with E-state index in [4.69, 9.17) is 7.48 Å². The maximum absolute atomic E-state index is 12.0. The summed E-state index contributed by atoms with van der Waals surface area (Å²) in [5, 5.41) is 9.20. The van der Waals surface area contributed by atoms with Crippen molar-refractivity contribution in [3.05, 3.63) is 12.1 Å². The summed E-state index contributed by atoms with van der Waals surface area (Å²) in [4.78, 5) is 24.3. The highest BCUT2D eigenvalue weighted by Gasteiger charge is 2.40. The first-order chi connectivity index (χ1) is 8.93. The first-order valence-corrected chi connectivity index (χ1v) is 5.82. The lowest BCUT2D eigenvalue weighted by atomic mass is 10.1. The predicted molar refractivity (Wildman–Crippen MR) is 67.3 cm³/mol. The Hall–Kier alpha value is -1.52. The van der Waals surface area contributed by atoms with E-state index < -0.39 is 29.6 Å². The van der Waals surface area contributed by atoms with E-state index >= 15 is 0 Å². The Kier molecular flexibility index (Phi) is 3.48. The van der Waals surface area contributed by atoms with Gasteiger partial charge in [-0.2, -0.15) is 0 Å². The van der Waals surface area contributed by atoms with Crippen LogP contribution < -0.4 is 0 Å². The van der Waals surface area contributed by atoms with Gasteiger partial charge in [0.15, 0.2) is 0 Å². The average Bonchev–Trinajstić information content (AvgIpc) is 2.52. The summed E-state index contributed by atoms with van der Waals surface area (Å²) in [5.74, 6) is -2.42. The molecule has 1 aliphatic rings. The topological polar surface area (TPSA) is 66.8 Å². The predicted octanol–water partition coefficient (Wildman–Crippen LogP) is 2.27. The molecular weight excluding hydrogens is 234 g/mol. The number of nitrogens with zero attached hydrogens (tertiary/aromatic N) is 1. The van der Waals surface area contributed by atoms with Crippen molar-refractivity contribution in [2.45, 2.75) is 45.8 Å². The molecule has 0 unspecified atom stereocenters. The van der Waals surface area contributed by atoms with Crippen LogP contribution >= 0.6 is 0 Å². The Morgan fingerprint density at radius 3 is 2.61 bits per heavy atom. The largest absolute Gasteiger partial charge is 0.480 e. The van der Waals surface area contributed by atoms with Crippen LogP contribution in [-0.2, 0) is 9.53 Å². The molecule has 5 heteroatoms. The molecule has 18 heavy (non-hydrogen) atoms. The molecule has 0 aromatic rings. The molecule has 0 aromatic heterocycles. The lowest BCUT2D eigenvalue weighted by molar-refractivity contribution is -0.142. The second kappa shape index (κ2) is 5.42. The fourth-order valence-corrected chi connectivity index (χ4v) is 1.79. The number of carboxylic acid groups (broad SMARTS) is 1. The molecule has 2 atom stereocenters. The number of allylic oxidation sites excluding steroid dienone is 1. The Morgan fingerprint density at radius 2 is 2.17 bits per heavy atom. The van der Waals surface area contributed by atoms with Gasteiger partial charge in [0, 0.05) is 7.92 Å². The zero-order valence-corrected chi connectivity index (χ0v) is 11.2. The van der Waals surface area contributed by atoms with Crippen molar-refractivity contribution in [2.75, 3.05) is 6.54 Å². The van der Waals surface area contributed by atoms with Crippen molar-refractivity contribution in [1.82, 2.24) is 4.90 Å². The smallest absolute Gasteiger partial charge is 0.411 e. The molecule has 1 heterocycles. The highest BCUT2D eigenvalue weighted by atomic mass is 16.6. The summed E-state index contributed by atoms with van der Waals surface area (Å²) in [6.45, 7) is 6.51. The van der Waals surface area contributed by atoms with Gasteiger partial charge in [-0.25, -0.2) is 9.59 Å². The van der Waals surface area contributed by atoms with Crippen molar-refractivity contribution < 1.29 is 22.2 Å². The number of rotatable bonds is 2. The molecule has 1 fully saturated rings. The third kappa shape index (κ3) is 3.75. The third-order valence-electron chi connectivity index (χ3n) is 2.47. The Morgan fingerprint density at radius 1 is 1.56 bits per heavy atom. The molecule has 0 bridgehead atoms. The highest BCUT2D eigenvalue weighted by molar-refractivity contribution is 5.81. The summed E-state index contributed by atoms with van der Waals surface area (Å²) in [5.41, 5.74) is -0.728.